The molecule has 0 fully saturated rings. The first-order valence-electron chi connectivity index (χ1n) is 4.06. The summed E-state index contributed by atoms with van der Waals surface area (Å²) in [6, 6.07) is 5.87. The van der Waals surface area contributed by atoms with E-state index in [4.69, 9.17) is 5.26 Å². The lowest BCUT2D eigenvalue weighted by atomic mass is 10.1. The number of nitrogens with zero attached hydrogens (tertiary/aromatic N) is 1. The van der Waals surface area contributed by atoms with Crippen molar-refractivity contribution in [1.29, 1.82) is 5.26 Å². The summed E-state index contributed by atoms with van der Waals surface area (Å²) in [6.45, 7) is 1.81. The second-order valence-electron chi connectivity index (χ2n) is 2.78. The lowest BCUT2D eigenvalue weighted by Gasteiger charge is -2.07. The van der Waals surface area contributed by atoms with Crippen LogP contribution >= 0.6 is 0 Å². The molecule has 13 heavy (non-hydrogen) atoms. The molecule has 0 saturated heterocycles. The zero-order valence-corrected chi connectivity index (χ0v) is 7.29. The highest BCUT2D eigenvalue weighted by molar-refractivity contribution is 5.34. The molecular formula is C10H10FNO. The molecule has 3 heteroatoms. The van der Waals surface area contributed by atoms with Gasteiger partial charge in [0.05, 0.1) is 11.7 Å². The molecule has 0 aliphatic rings. The zero-order valence-electron chi connectivity index (χ0n) is 7.29. The Kier molecular flexibility index (Phi) is 2.99. The second-order valence-corrected chi connectivity index (χ2v) is 2.78. The SMILES string of the molecule is CCC(O)c1ccc(C#N)c(F)c1. The van der Waals surface area contributed by atoms with Gasteiger partial charge < -0.3 is 5.11 Å². The molecule has 0 aliphatic carbocycles. The van der Waals surface area contributed by atoms with Crippen LogP contribution in [0.1, 0.15) is 30.6 Å². The first kappa shape index (κ1) is 9.69. The molecule has 0 aromatic heterocycles. The molecule has 0 heterocycles. The molecule has 1 unspecified atom stereocenters. The van der Waals surface area contributed by atoms with Gasteiger partial charge in [-0.15, -0.1) is 0 Å². The Balaban J connectivity index is 3.04. The molecule has 2 nitrogen and oxygen atoms in total. The molecule has 0 radical (unpaired) electrons. The molecule has 1 aromatic rings. The number of rotatable bonds is 2. The van der Waals surface area contributed by atoms with Crippen LogP contribution < -0.4 is 0 Å². The standard InChI is InChI=1S/C10H10FNO/c1-2-10(13)7-3-4-8(6-12)9(11)5-7/h3-5,10,13H,2H2,1H3. The molecular weight excluding hydrogens is 169 g/mol. The summed E-state index contributed by atoms with van der Waals surface area (Å²) >= 11 is 0. The first-order chi connectivity index (χ1) is 6.19. The number of nitriles is 1. The maximum absolute atomic E-state index is 13.0. The number of aliphatic hydroxyl groups excluding tert-OH is 1. The average molecular weight is 179 g/mol. The fourth-order valence-corrected chi connectivity index (χ4v) is 1.07. The van der Waals surface area contributed by atoms with E-state index < -0.39 is 11.9 Å². The van der Waals surface area contributed by atoms with Gasteiger partial charge in [-0.05, 0) is 24.1 Å². The summed E-state index contributed by atoms with van der Waals surface area (Å²) in [5, 5.41) is 17.8. The predicted molar refractivity (Wildman–Crippen MR) is 46.4 cm³/mol. The molecule has 0 aliphatic heterocycles. The Labute approximate surface area is 76.2 Å². The molecule has 1 aromatic carbocycles. The summed E-state index contributed by atoms with van der Waals surface area (Å²) in [7, 11) is 0. The quantitative estimate of drug-likeness (QED) is 0.755. The predicted octanol–water partition coefficient (Wildman–Crippen LogP) is 2.14. The van der Waals surface area contributed by atoms with E-state index >= 15 is 0 Å². The normalized spacial score (nSPS) is 12.2. The fraction of sp³-hybridized carbons (Fsp3) is 0.300. The van der Waals surface area contributed by atoms with Gasteiger partial charge in [-0.1, -0.05) is 13.0 Å². The van der Waals surface area contributed by atoms with Crippen molar-refractivity contribution in [2.45, 2.75) is 19.4 Å². The van der Waals surface area contributed by atoms with Crippen LogP contribution in [0.15, 0.2) is 18.2 Å². The van der Waals surface area contributed by atoms with Gasteiger partial charge in [0, 0.05) is 0 Å². The lowest BCUT2D eigenvalue weighted by Crippen LogP contribution is -1.96. The van der Waals surface area contributed by atoms with Crippen molar-refractivity contribution in [1.82, 2.24) is 0 Å². The van der Waals surface area contributed by atoms with E-state index in [9.17, 15) is 9.50 Å². The van der Waals surface area contributed by atoms with Gasteiger partial charge >= 0.3 is 0 Å². The summed E-state index contributed by atoms with van der Waals surface area (Å²) < 4.78 is 13.0. The third-order valence-electron chi connectivity index (χ3n) is 1.89. The van der Waals surface area contributed by atoms with Gasteiger partial charge in [0.2, 0.25) is 0 Å². The third kappa shape index (κ3) is 2.04. The van der Waals surface area contributed by atoms with E-state index in [2.05, 4.69) is 0 Å². The van der Waals surface area contributed by atoms with Crippen LogP contribution in [0.4, 0.5) is 4.39 Å². The smallest absolute Gasteiger partial charge is 0.141 e. The van der Waals surface area contributed by atoms with E-state index in [1.807, 2.05) is 0 Å². The van der Waals surface area contributed by atoms with Gasteiger partial charge in [-0.25, -0.2) is 4.39 Å². The van der Waals surface area contributed by atoms with Crippen LogP contribution in [0.25, 0.3) is 0 Å². The van der Waals surface area contributed by atoms with E-state index in [1.165, 1.54) is 12.1 Å². The summed E-state index contributed by atoms with van der Waals surface area (Å²) in [6.07, 6.45) is -0.118. The van der Waals surface area contributed by atoms with Crippen molar-refractivity contribution in [3.8, 4) is 6.07 Å². The Bertz CT molecular complexity index is 343. The third-order valence-corrected chi connectivity index (χ3v) is 1.89. The molecule has 68 valence electrons. The fourth-order valence-electron chi connectivity index (χ4n) is 1.07. The number of aliphatic hydroxyl groups is 1. The molecule has 1 rings (SSSR count). The highest BCUT2D eigenvalue weighted by Crippen LogP contribution is 2.18. The molecule has 0 amide bonds. The Morgan fingerprint density at radius 3 is 2.77 bits per heavy atom. The molecule has 1 N–H and O–H groups in total. The van der Waals surface area contributed by atoms with E-state index in [-0.39, 0.29) is 5.56 Å². The Morgan fingerprint density at radius 1 is 1.62 bits per heavy atom. The minimum absolute atomic E-state index is 0.00653. The van der Waals surface area contributed by atoms with Gasteiger partial charge in [-0.3, -0.25) is 0 Å². The van der Waals surface area contributed by atoms with E-state index in [0.717, 1.165) is 0 Å². The van der Waals surface area contributed by atoms with Crippen molar-refractivity contribution in [3.05, 3.63) is 35.1 Å². The second kappa shape index (κ2) is 4.01. The number of hydrogen-bond acceptors (Lipinski definition) is 2. The van der Waals surface area contributed by atoms with Crippen LogP contribution in [0.2, 0.25) is 0 Å². The Morgan fingerprint density at radius 2 is 2.31 bits per heavy atom. The van der Waals surface area contributed by atoms with Crippen LogP contribution in [0.3, 0.4) is 0 Å². The monoisotopic (exact) mass is 179 g/mol. The summed E-state index contributed by atoms with van der Waals surface area (Å²) in [4.78, 5) is 0. The molecule has 0 spiro atoms. The summed E-state index contributed by atoms with van der Waals surface area (Å²) in [5.74, 6) is -0.576. The zero-order chi connectivity index (χ0) is 9.84. The average Bonchev–Trinajstić information content (AvgIpc) is 2.16. The summed E-state index contributed by atoms with van der Waals surface area (Å²) in [5.41, 5.74) is 0.519. The van der Waals surface area contributed by atoms with Crippen molar-refractivity contribution < 1.29 is 9.50 Å². The highest BCUT2D eigenvalue weighted by Gasteiger charge is 2.08. The molecule has 0 saturated carbocycles. The van der Waals surface area contributed by atoms with Crippen LogP contribution in [0, 0.1) is 17.1 Å². The van der Waals surface area contributed by atoms with Gasteiger partial charge in [0.25, 0.3) is 0 Å². The minimum Gasteiger partial charge on any atom is -0.388 e. The van der Waals surface area contributed by atoms with Crippen LogP contribution in [0.5, 0.6) is 0 Å². The maximum Gasteiger partial charge on any atom is 0.141 e. The van der Waals surface area contributed by atoms with Crippen molar-refractivity contribution in [2.75, 3.05) is 0 Å². The van der Waals surface area contributed by atoms with Crippen molar-refractivity contribution >= 4 is 0 Å². The maximum atomic E-state index is 13.0. The molecule has 0 bridgehead atoms. The van der Waals surface area contributed by atoms with Crippen LogP contribution in [-0.2, 0) is 0 Å². The first-order valence-corrected chi connectivity index (χ1v) is 4.06. The van der Waals surface area contributed by atoms with Crippen molar-refractivity contribution in [2.24, 2.45) is 0 Å². The van der Waals surface area contributed by atoms with E-state index in [0.29, 0.717) is 12.0 Å². The van der Waals surface area contributed by atoms with Gasteiger partial charge in [0.15, 0.2) is 0 Å². The number of hydrogen-bond donors (Lipinski definition) is 1. The van der Waals surface area contributed by atoms with Gasteiger partial charge in [0.1, 0.15) is 11.9 Å². The highest BCUT2D eigenvalue weighted by atomic mass is 19.1. The van der Waals surface area contributed by atoms with Crippen LogP contribution in [-0.4, -0.2) is 5.11 Å². The topological polar surface area (TPSA) is 44.0 Å². The van der Waals surface area contributed by atoms with Crippen molar-refractivity contribution in [3.63, 3.8) is 0 Å². The van der Waals surface area contributed by atoms with E-state index in [1.54, 1.807) is 19.1 Å². The lowest BCUT2D eigenvalue weighted by molar-refractivity contribution is 0.173. The number of halogens is 1. The largest absolute Gasteiger partial charge is 0.388 e. The number of benzene rings is 1. The Hall–Kier alpha value is -1.40. The minimum atomic E-state index is -0.651. The van der Waals surface area contributed by atoms with Gasteiger partial charge in [-0.2, -0.15) is 5.26 Å². The molecule has 1 atom stereocenters.